The Morgan fingerprint density at radius 3 is 2.38 bits per heavy atom. The maximum atomic E-state index is 2.60. The molecule has 0 radical (unpaired) electrons. The van der Waals surface area contributed by atoms with E-state index in [-0.39, 0.29) is 0 Å². The number of hydrazine groups is 1. The third-order valence-corrected chi connectivity index (χ3v) is 3.16. The van der Waals surface area contributed by atoms with Gasteiger partial charge in [-0.3, -0.25) is 0 Å². The summed E-state index contributed by atoms with van der Waals surface area (Å²) in [5.74, 6) is 0. The lowest BCUT2D eigenvalue weighted by atomic mass is 10.0. The topological polar surface area (TPSA) is 6.48 Å². The van der Waals surface area contributed by atoms with Crippen molar-refractivity contribution in [1.82, 2.24) is 10.0 Å². The molecule has 1 saturated heterocycles. The standard InChI is InChI=1S/C11H24N2/c1-4-11-9-7-8-10-13(11)12(5-2)6-3/h11H,4-10H2,1-3H3. The van der Waals surface area contributed by atoms with Gasteiger partial charge in [-0.1, -0.05) is 27.2 Å². The number of rotatable bonds is 4. The maximum absolute atomic E-state index is 2.60. The van der Waals surface area contributed by atoms with Gasteiger partial charge < -0.3 is 0 Å². The molecule has 0 N–H and O–H groups in total. The van der Waals surface area contributed by atoms with Crippen molar-refractivity contribution in [2.75, 3.05) is 19.6 Å². The number of piperidine rings is 1. The minimum Gasteiger partial charge on any atom is -0.242 e. The highest BCUT2D eigenvalue weighted by Gasteiger charge is 2.23. The molecule has 0 saturated carbocycles. The van der Waals surface area contributed by atoms with Gasteiger partial charge in [0, 0.05) is 25.7 Å². The summed E-state index contributed by atoms with van der Waals surface area (Å²) in [5, 5.41) is 5.09. The molecule has 1 aliphatic rings. The molecule has 1 unspecified atom stereocenters. The largest absolute Gasteiger partial charge is 0.242 e. The zero-order valence-corrected chi connectivity index (χ0v) is 9.42. The van der Waals surface area contributed by atoms with E-state index in [0.29, 0.717) is 0 Å². The lowest BCUT2D eigenvalue weighted by molar-refractivity contribution is -0.0724. The van der Waals surface area contributed by atoms with E-state index in [1.54, 1.807) is 0 Å². The third-order valence-electron chi connectivity index (χ3n) is 3.16. The van der Waals surface area contributed by atoms with Crippen LogP contribution < -0.4 is 0 Å². The van der Waals surface area contributed by atoms with Crippen LogP contribution in [0.25, 0.3) is 0 Å². The van der Waals surface area contributed by atoms with Gasteiger partial charge in [-0.05, 0) is 19.3 Å². The Morgan fingerprint density at radius 1 is 1.15 bits per heavy atom. The normalized spacial score (nSPS) is 25.4. The third kappa shape index (κ3) is 2.68. The molecule has 0 aromatic rings. The van der Waals surface area contributed by atoms with Crippen LogP contribution in [0.4, 0.5) is 0 Å². The van der Waals surface area contributed by atoms with Crippen LogP contribution >= 0.6 is 0 Å². The first-order chi connectivity index (χ1) is 6.33. The molecule has 13 heavy (non-hydrogen) atoms. The molecule has 0 bridgehead atoms. The SMILES string of the molecule is CCC1CCCCN1N(CC)CC. The predicted molar refractivity (Wildman–Crippen MR) is 57.6 cm³/mol. The predicted octanol–water partition coefficient (Wildman–Crippen LogP) is 2.51. The summed E-state index contributed by atoms with van der Waals surface area (Å²) in [5.41, 5.74) is 0. The fourth-order valence-electron chi connectivity index (χ4n) is 2.36. The summed E-state index contributed by atoms with van der Waals surface area (Å²) in [6.07, 6.45) is 5.51. The van der Waals surface area contributed by atoms with Gasteiger partial charge in [0.1, 0.15) is 0 Å². The lowest BCUT2D eigenvalue weighted by Crippen LogP contribution is -2.50. The van der Waals surface area contributed by atoms with Gasteiger partial charge in [0.15, 0.2) is 0 Å². The van der Waals surface area contributed by atoms with Crippen LogP contribution in [0.2, 0.25) is 0 Å². The number of hydrogen-bond acceptors (Lipinski definition) is 2. The highest BCUT2D eigenvalue weighted by molar-refractivity contribution is 4.73. The Kier molecular flexibility index (Phi) is 4.74. The molecule has 1 atom stereocenters. The first-order valence-electron chi connectivity index (χ1n) is 5.84. The molecule has 2 heteroatoms. The quantitative estimate of drug-likeness (QED) is 0.662. The Bertz CT molecular complexity index is 125. The average molecular weight is 184 g/mol. The van der Waals surface area contributed by atoms with Crippen LogP contribution in [0.1, 0.15) is 46.5 Å². The van der Waals surface area contributed by atoms with Crippen LogP contribution in [0.15, 0.2) is 0 Å². The van der Waals surface area contributed by atoms with Gasteiger partial charge in [0.25, 0.3) is 0 Å². The summed E-state index contributed by atoms with van der Waals surface area (Å²) in [6.45, 7) is 10.4. The minimum atomic E-state index is 0.814. The van der Waals surface area contributed by atoms with E-state index in [2.05, 4.69) is 30.8 Å². The molecule has 1 rings (SSSR count). The number of hydrogen-bond donors (Lipinski definition) is 0. The molecule has 78 valence electrons. The van der Waals surface area contributed by atoms with Crippen LogP contribution in [-0.2, 0) is 0 Å². The van der Waals surface area contributed by atoms with Crippen molar-refractivity contribution in [3.8, 4) is 0 Å². The van der Waals surface area contributed by atoms with Gasteiger partial charge >= 0.3 is 0 Å². The molecule has 0 aromatic heterocycles. The second kappa shape index (κ2) is 5.61. The fourth-order valence-corrected chi connectivity index (χ4v) is 2.36. The zero-order chi connectivity index (χ0) is 9.68. The Balaban J connectivity index is 2.51. The Morgan fingerprint density at radius 2 is 1.85 bits per heavy atom. The van der Waals surface area contributed by atoms with Gasteiger partial charge in [-0.25, -0.2) is 10.0 Å². The fraction of sp³-hybridized carbons (Fsp3) is 1.00. The smallest absolute Gasteiger partial charge is 0.0243 e. The monoisotopic (exact) mass is 184 g/mol. The zero-order valence-electron chi connectivity index (χ0n) is 9.42. The summed E-state index contributed by atoms with van der Waals surface area (Å²) in [6, 6.07) is 0.814. The van der Waals surface area contributed by atoms with Crippen LogP contribution in [-0.4, -0.2) is 35.7 Å². The van der Waals surface area contributed by atoms with E-state index < -0.39 is 0 Å². The highest BCUT2D eigenvalue weighted by atomic mass is 15.6. The molecular weight excluding hydrogens is 160 g/mol. The second-order valence-corrected chi connectivity index (χ2v) is 3.86. The lowest BCUT2D eigenvalue weighted by Gasteiger charge is -2.42. The molecule has 1 fully saturated rings. The minimum absolute atomic E-state index is 0.814. The maximum Gasteiger partial charge on any atom is 0.0243 e. The molecule has 0 aromatic carbocycles. The van der Waals surface area contributed by atoms with Gasteiger partial charge in [-0.2, -0.15) is 0 Å². The molecule has 1 aliphatic heterocycles. The number of nitrogens with zero attached hydrogens (tertiary/aromatic N) is 2. The van der Waals surface area contributed by atoms with Crippen LogP contribution in [0.5, 0.6) is 0 Å². The van der Waals surface area contributed by atoms with Crippen molar-refractivity contribution in [3.05, 3.63) is 0 Å². The first kappa shape index (κ1) is 11.0. The Hall–Kier alpha value is -0.0800. The van der Waals surface area contributed by atoms with Crippen molar-refractivity contribution < 1.29 is 0 Å². The van der Waals surface area contributed by atoms with Crippen molar-refractivity contribution >= 4 is 0 Å². The highest BCUT2D eigenvalue weighted by Crippen LogP contribution is 2.20. The summed E-state index contributed by atoms with van der Waals surface area (Å²) < 4.78 is 0. The van der Waals surface area contributed by atoms with Gasteiger partial charge in [0.05, 0.1) is 0 Å². The van der Waals surface area contributed by atoms with Crippen molar-refractivity contribution in [2.24, 2.45) is 0 Å². The van der Waals surface area contributed by atoms with E-state index in [1.807, 2.05) is 0 Å². The van der Waals surface area contributed by atoms with E-state index in [4.69, 9.17) is 0 Å². The molecule has 0 aliphatic carbocycles. The Labute approximate surface area is 82.9 Å². The molecule has 2 nitrogen and oxygen atoms in total. The first-order valence-corrected chi connectivity index (χ1v) is 5.84. The summed E-state index contributed by atoms with van der Waals surface area (Å²) >= 11 is 0. The molecule has 1 heterocycles. The van der Waals surface area contributed by atoms with Gasteiger partial charge in [-0.15, -0.1) is 0 Å². The molecule has 0 spiro atoms. The second-order valence-electron chi connectivity index (χ2n) is 3.86. The average Bonchev–Trinajstić information content (AvgIpc) is 2.20. The van der Waals surface area contributed by atoms with E-state index in [0.717, 1.165) is 19.1 Å². The van der Waals surface area contributed by atoms with E-state index >= 15 is 0 Å². The van der Waals surface area contributed by atoms with Crippen molar-refractivity contribution in [2.45, 2.75) is 52.5 Å². The van der Waals surface area contributed by atoms with Gasteiger partial charge in [0.2, 0.25) is 0 Å². The van der Waals surface area contributed by atoms with Crippen LogP contribution in [0, 0.1) is 0 Å². The van der Waals surface area contributed by atoms with Crippen molar-refractivity contribution in [1.29, 1.82) is 0 Å². The summed E-state index contributed by atoms with van der Waals surface area (Å²) in [4.78, 5) is 0. The molecule has 0 amide bonds. The summed E-state index contributed by atoms with van der Waals surface area (Å²) in [7, 11) is 0. The van der Waals surface area contributed by atoms with E-state index in [1.165, 1.54) is 32.2 Å². The van der Waals surface area contributed by atoms with Crippen molar-refractivity contribution in [3.63, 3.8) is 0 Å². The van der Waals surface area contributed by atoms with E-state index in [9.17, 15) is 0 Å². The van der Waals surface area contributed by atoms with Crippen LogP contribution in [0.3, 0.4) is 0 Å². The molecular formula is C11H24N2.